The SMILES string of the molecule is O=C1CC(c2ccccn2)=NN1c1ccnc(Cl)c1. The molecule has 0 fully saturated rings. The van der Waals surface area contributed by atoms with E-state index >= 15 is 0 Å². The van der Waals surface area contributed by atoms with E-state index in [4.69, 9.17) is 11.6 Å². The molecule has 0 atom stereocenters. The Morgan fingerprint density at radius 3 is 2.79 bits per heavy atom. The number of amides is 1. The molecule has 94 valence electrons. The molecule has 0 spiro atoms. The summed E-state index contributed by atoms with van der Waals surface area (Å²) in [5, 5.41) is 5.96. The average molecular weight is 273 g/mol. The molecule has 0 N–H and O–H groups in total. The van der Waals surface area contributed by atoms with Crippen molar-refractivity contribution in [2.75, 3.05) is 5.01 Å². The minimum Gasteiger partial charge on any atom is -0.272 e. The molecule has 19 heavy (non-hydrogen) atoms. The number of rotatable bonds is 2. The second-order valence-electron chi connectivity index (χ2n) is 3.98. The first kappa shape index (κ1) is 11.8. The summed E-state index contributed by atoms with van der Waals surface area (Å²) in [7, 11) is 0. The fraction of sp³-hybridized carbons (Fsp3) is 0.0769. The number of hydrogen-bond donors (Lipinski definition) is 0. The number of aromatic nitrogens is 2. The Balaban J connectivity index is 1.96. The third kappa shape index (κ3) is 2.32. The average Bonchev–Trinajstić information content (AvgIpc) is 2.82. The Kier molecular flexibility index (Phi) is 2.97. The van der Waals surface area contributed by atoms with Crippen LogP contribution in [0.4, 0.5) is 5.69 Å². The number of hydrogen-bond acceptors (Lipinski definition) is 4. The molecule has 0 saturated carbocycles. The lowest BCUT2D eigenvalue weighted by atomic mass is 10.2. The van der Waals surface area contributed by atoms with E-state index in [1.54, 1.807) is 24.5 Å². The highest BCUT2D eigenvalue weighted by molar-refractivity contribution is 6.29. The van der Waals surface area contributed by atoms with Crippen LogP contribution in [0.2, 0.25) is 5.15 Å². The molecule has 1 aliphatic heterocycles. The van der Waals surface area contributed by atoms with Gasteiger partial charge in [0.1, 0.15) is 5.15 Å². The van der Waals surface area contributed by atoms with Crippen molar-refractivity contribution >= 4 is 28.9 Å². The molecule has 1 amide bonds. The van der Waals surface area contributed by atoms with Gasteiger partial charge in [-0.1, -0.05) is 17.7 Å². The highest BCUT2D eigenvalue weighted by Crippen LogP contribution is 2.23. The molecule has 3 rings (SSSR count). The molecule has 1 aliphatic rings. The Hall–Kier alpha value is -2.27. The third-order valence-electron chi connectivity index (χ3n) is 2.69. The van der Waals surface area contributed by atoms with Gasteiger partial charge in [-0.3, -0.25) is 9.78 Å². The van der Waals surface area contributed by atoms with Gasteiger partial charge in [0.15, 0.2) is 0 Å². The number of nitrogens with zero attached hydrogens (tertiary/aromatic N) is 4. The van der Waals surface area contributed by atoms with E-state index < -0.39 is 0 Å². The molecule has 0 aliphatic carbocycles. The zero-order valence-corrected chi connectivity index (χ0v) is 10.6. The zero-order chi connectivity index (χ0) is 13.2. The smallest absolute Gasteiger partial charge is 0.253 e. The van der Waals surface area contributed by atoms with Gasteiger partial charge in [-0.05, 0) is 18.2 Å². The van der Waals surface area contributed by atoms with Gasteiger partial charge < -0.3 is 0 Å². The van der Waals surface area contributed by atoms with Gasteiger partial charge in [0, 0.05) is 18.5 Å². The normalized spacial score (nSPS) is 14.7. The lowest BCUT2D eigenvalue weighted by Gasteiger charge is -2.10. The van der Waals surface area contributed by atoms with Gasteiger partial charge in [-0.15, -0.1) is 0 Å². The standard InChI is InChI=1S/C13H9ClN4O/c14-12-7-9(4-6-16-12)18-13(19)8-11(17-18)10-3-1-2-5-15-10/h1-7H,8H2. The number of hydrazone groups is 1. The molecule has 2 aromatic rings. The molecule has 3 heterocycles. The van der Waals surface area contributed by atoms with Gasteiger partial charge in [0.25, 0.3) is 5.91 Å². The summed E-state index contributed by atoms with van der Waals surface area (Å²) in [5.74, 6) is -0.108. The Bertz CT molecular complexity index is 657. The van der Waals surface area contributed by atoms with Crippen molar-refractivity contribution < 1.29 is 4.79 Å². The van der Waals surface area contributed by atoms with Gasteiger partial charge in [-0.25, -0.2) is 4.98 Å². The molecule has 0 saturated heterocycles. The maximum atomic E-state index is 12.0. The quantitative estimate of drug-likeness (QED) is 0.788. The number of carbonyl (C=O) groups excluding carboxylic acids is 1. The zero-order valence-electron chi connectivity index (χ0n) is 9.82. The molecule has 0 unspecified atom stereocenters. The first-order valence-electron chi connectivity index (χ1n) is 5.67. The molecular formula is C13H9ClN4O. The van der Waals surface area contributed by atoms with Crippen LogP contribution in [-0.4, -0.2) is 21.6 Å². The predicted molar refractivity (Wildman–Crippen MR) is 72.1 cm³/mol. The van der Waals surface area contributed by atoms with Crippen LogP contribution in [0.15, 0.2) is 47.8 Å². The molecule has 6 heteroatoms. The summed E-state index contributed by atoms with van der Waals surface area (Å²) in [6.45, 7) is 0. The second kappa shape index (κ2) is 4.78. The topological polar surface area (TPSA) is 58.5 Å². The number of carbonyl (C=O) groups is 1. The number of pyridine rings is 2. The van der Waals surface area contributed by atoms with Gasteiger partial charge in [0.05, 0.1) is 23.5 Å². The highest BCUT2D eigenvalue weighted by Gasteiger charge is 2.26. The number of halogens is 1. The molecule has 0 radical (unpaired) electrons. The molecule has 0 bridgehead atoms. The van der Waals surface area contributed by atoms with Crippen LogP contribution >= 0.6 is 11.6 Å². The van der Waals surface area contributed by atoms with E-state index in [1.807, 2.05) is 18.2 Å². The van der Waals surface area contributed by atoms with Crippen LogP contribution in [0.1, 0.15) is 12.1 Å². The summed E-state index contributed by atoms with van der Waals surface area (Å²) in [5.41, 5.74) is 1.97. The third-order valence-corrected chi connectivity index (χ3v) is 2.90. The summed E-state index contributed by atoms with van der Waals surface area (Å²) in [6.07, 6.45) is 3.45. The van der Waals surface area contributed by atoms with Crippen molar-refractivity contribution in [3.63, 3.8) is 0 Å². The van der Waals surface area contributed by atoms with Crippen LogP contribution in [-0.2, 0) is 4.79 Å². The Labute approximate surface area is 114 Å². The first-order chi connectivity index (χ1) is 9.24. The summed E-state index contributed by atoms with van der Waals surface area (Å²) < 4.78 is 0. The summed E-state index contributed by atoms with van der Waals surface area (Å²) >= 11 is 5.81. The van der Waals surface area contributed by atoms with E-state index in [2.05, 4.69) is 15.1 Å². The summed E-state index contributed by atoms with van der Waals surface area (Å²) in [6, 6.07) is 8.80. The van der Waals surface area contributed by atoms with Gasteiger partial charge >= 0.3 is 0 Å². The van der Waals surface area contributed by atoms with E-state index in [-0.39, 0.29) is 12.3 Å². The van der Waals surface area contributed by atoms with Crippen molar-refractivity contribution in [3.8, 4) is 0 Å². The lowest BCUT2D eigenvalue weighted by Crippen LogP contribution is -2.19. The minimum atomic E-state index is -0.108. The fourth-order valence-corrected chi connectivity index (χ4v) is 2.00. The van der Waals surface area contributed by atoms with E-state index in [0.717, 1.165) is 0 Å². The molecular weight excluding hydrogens is 264 g/mol. The van der Waals surface area contributed by atoms with Crippen molar-refractivity contribution in [1.82, 2.24) is 9.97 Å². The molecule has 5 nitrogen and oxygen atoms in total. The first-order valence-corrected chi connectivity index (χ1v) is 6.05. The van der Waals surface area contributed by atoms with E-state index in [9.17, 15) is 4.79 Å². The van der Waals surface area contributed by atoms with Crippen molar-refractivity contribution in [1.29, 1.82) is 0 Å². The maximum Gasteiger partial charge on any atom is 0.253 e. The monoisotopic (exact) mass is 272 g/mol. The van der Waals surface area contributed by atoms with Crippen molar-refractivity contribution in [2.24, 2.45) is 5.10 Å². The van der Waals surface area contributed by atoms with Crippen LogP contribution in [0, 0.1) is 0 Å². The Morgan fingerprint density at radius 1 is 1.16 bits per heavy atom. The summed E-state index contributed by atoms with van der Waals surface area (Å²) in [4.78, 5) is 20.1. The second-order valence-corrected chi connectivity index (χ2v) is 4.37. The minimum absolute atomic E-state index is 0.108. The lowest BCUT2D eigenvalue weighted by molar-refractivity contribution is -0.116. The van der Waals surface area contributed by atoms with Crippen LogP contribution < -0.4 is 5.01 Å². The Morgan fingerprint density at radius 2 is 2.05 bits per heavy atom. The van der Waals surface area contributed by atoms with Crippen LogP contribution in [0.25, 0.3) is 0 Å². The highest BCUT2D eigenvalue weighted by atomic mass is 35.5. The maximum absolute atomic E-state index is 12.0. The van der Waals surface area contributed by atoms with Crippen LogP contribution in [0.3, 0.4) is 0 Å². The predicted octanol–water partition coefficient (Wildman–Crippen LogP) is 2.27. The van der Waals surface area contributed by atoms with E-state index in [1.165, 1.54) is 5.01 Å². The van der Waals surface area contributed by atoms with Crippen molar-refractivity contribution in [3.05, 3.63) is 53.6 Å². The largest absolute Gasteiger partial charge is 0.272 e. The molecule has 2 aromatic heterocycles. The number of anilines is 1. The van der Waals surface area contributed by atoms with E-state index in [0.29, 0.717) is 22.2 Å². The molecule has 0 aromatic carbocycles. The van der Waals surface area contributed by atoms with Crippen molar-refractivity contribution in [2.45, 2.75) is 6.42 Å². The van der Waals surface area contributed by atoms with Crippen LogP contribution in [0.5, 0.6) is 0 Å². The van der Waals surface area contributed by atoms with Gasteiger partial charge in [-0.2, -0.15) is 10.1 Å². The fourth-order valence-electron chi connectivity index (χ4n) is 1.83. The van der Waals surface area contributed by atoms with Gasteiger partial charge in [0.2, 0.25) is 0 Å².